The molecule has 5 heteroatoms. The molecule has 0 aliphatic rings. The average Bonchev–Trinajstić information content (AvgIpc) is 2.52. The maximum Gasteiger partial charge on any atom is 0.212 e. The molecule has 0 saturated heterocycles. The first-order chi connectivity index (χ1) is 10.1. The Hall–Kier alpha value is -2.20. The minimum Gasteiger partial charge on any atom is -0.496 e. The zero-order valence-corrected chi connectivity index (χ0v) is 12.7. The van der Waals surface area contributed by atoms with E-state index in [9.17, 15) is 0 Å². The molecular weight excluding hydrogens is 288 g/mol. The van der Waals surface area contributed by atoms with Gasteiger partial charge >= 0.3 is 0 Å². The van der Waals surface area contributed by atoms with E-state index < -0.39 is 0 Å². The lowest BCUT2D eigenvalue weighted by Gasteiger charge is -2.11. The maximum atomic E-state index is 7.59. The van der Waals surface area contributed by atoms with Gasteiger partial charge < -0.3 is 14.8 Å². The van der Waals surface area contributed by atoms with Crippen LogP contribution in [0.3, 0.4) is 0 Å². The molecule has 0 atom stereocenters. The summed E-state index contributed by atoms with van der Waals surface area (Å²) in [6.45, 7) is 0.602. The summed E-state index contributed by atoms with van der Waals surface area (Å²) in [5, 5.41) is 11.6. The summed E-state index contributed by atoms with van der Waals surface area (Å²) in [6.07, 6.45) is 0. The fourth-order valence-corrected chi connectivity index (χ4v) is 2.13. The van der Waals surface area contributed by atoms with Crippen molar-refractivity contribution < 1.29 is 9.47 Å². The molecule has 110 valence electrons. The number of methoxy groups -OCH3 is 2. The van der Waals surface area contributed by atoms with Crippen LogP contribution in [0, 0.1) is 5.41 Å². The summed E-state index contributed by atoms with van der Waals surface area (Å²) in [7, 11) is 3.12. The van der Waals surface area contributed by atoms with Crippen molar-refractivity contribution in [2.45, 2.75) is 6.54 Å². The summed E-state index contributed by atoms with van der Waals surface area (Å²) in [5.74, 6) is 0.947. The van der Waals surface area contributed by atoms with Crippen LogP contribution in [0.5, 0.6) is 5.75 Å². The standard InChI is InChI=1S/C16H17ClN2O2/c1-20-15-8-5-13(17)9-12(15)10-19-14-6-3-11(4-7-14)16(18)21-2/h3-9,18-19H,10H2,1-2H3. The molecule has 2 rings (SSSR count). The highest BCUT2D eigenvalue weighted by atomic mass is 35.5. The number of rotatable bonds is 5. The van der Waals surface area contributed by atoms with Crippen LogP contribution < -0.4 is 10.1 Å². The van der Waals surface area contributed by atoms with E-state index in [0.717, 1.165) is 22.6 Å². The Balaban J connectivity index is 2.06. The van der Waals surface area contributed by atoms with Crippen molar-refractivity contribution in [3.8, 4) is 5.75 Å². The van der Waals surface area contributed by atoms with E-state index in [-0.39, 0.29) is 5.90 Å². The van der Waals surface area contributed by atoms with Crippen molar-refractivity contribution in [2.75, 3.05) is 19.5 Å². The second-order valence-electron chi connectivity index (χ2n) is 4.42. The normalized spacial score (nSPS) is 10.0. The van der Waals surface area contributed by atoms with E-state index >= 15 is 0 Å². The van der Waals surface area contributed by atoms with E-state index in [1.807, 2.05) is 36.4 Å². The molecule has 0 aliphatic heterocycles. The number of ether oxygens (including phenoxy) is 2. The molecule has 0 saturated carbocycles. The van der Waals surface area contributed by atoms with Gasteiger partial charge in [0.2, 0.25) is 5.90 Å². The summed E-state index contributed by atoms with van der Waals surface area (Å²) in [6, 6.07) is 13.0. The second-order valence-corrected chi connectivity index (χ2v) is 4.86. The number of halogens is 1. The predicted molar refractivity (Wildman–Crippen MR) is 85.6 cm³/mol. The van der Waals surface area contributed by atoms with Crippen LogP contribution >= 0.6 is 11.6 Å². The van der Waals surface area contributed by atoms with Gasteiger partial charge in [-0.2, -0.15) is 0 Å². The van der Waals surface area contributed by atoms with Crippen LogP contribution in [0.2, 0.25) is 5.02 Å². The lowest BCUT2D eigenvalue weighted by molar-refractivity contribution is 0.401. The lowest BCUT2D eigenvalue weighted by atomic mass is 10.1. The first kappa shape index (κ1) is 15.2. The van der Waals surface area contributed by atoms with Crippen LogP contribution in [-0.4, -0.2) is 20.1 Å². The number of benzene rings is 2. The van der Waals surface area contributed by atoms with Crippen molar-refractivity contribution in [1.29, 1.82) is 5.41 Å². The topological polar surface area (TPSA) is 54.3 Å². The molecule has 21 heavy (non-hydrogen) atoms. The molecule has 0 amide bonds. The molecule has 0 unspecified atom stereocenters. The first-order valence-electron chi connectivity index (χ1n) is 6.43. The second kappa shape index (κ2) is 6.99. The predicted octanol–water partition coefficient (Wildman–Crippen LogP) is 3.93. The fraction of sp³-hybridized carbons (Fsp3) is 0.188. The van der Waals surface area contributed by atoms with E-state index in [2.05, 4.69) is 5.32 Å². The molecule has 0 heterocycles. The summed E-state index contributed by atoms with van der Waals surface area (Å²) >= 11 is 6.01. The quantitative estimate of drug-likeness (QED) is 0.650. The summed E-state index contributed by atoms with van der Waals surface area (Å²) in [4.78, 5) is 0. The number of anilines is 1. The monoisotopic (exact) mass is 304 g/mol. The molecule has 4 nitrogen and oxygen atoms in total. The van der Waals surface area contributed by atoms with E-state index in [1.165, 1.54) is 7.11 Å². The van der Waals surface area contributed by atoms with Gasteiger partial charge in [0, 0.05) is 28.4 Å². The maximum absolute atomic E-state index is 7.59. The van der Waals surface area contributed by atoms with Gasteiger partial charge in [0.25, 0.3) is 0 Å². The molecule has 0 aromatic heterocycles. The van der Waals surface area contributed by atoms with Gasteiger partial charge in [0.1, 0.15) is 5.75 Å². The third-order valence-corrected chi connectivity index (χ3v) is 3.31. The van der Waals surface area contributed by atoms with Crippen LogP contribution in [-0.2, 0) is 11.3 Å². The van der Waals surface area contributed by atoms with Crippen LogP contribution in [0.15, 0.2) is 42.5 Å². The Kier molecular flexibility index (Phi) is 5.06. The van der Waals surface area contributed by atoms with Crippen molar-refractivity contribution in [3.63, 3.8) is 0 Å². The Bertz CT molecular complexity index is 627. The van der Waals surface area contributed by atoms with Gasteiger partial charge in [-0.3, -0.25) is 5.41 Å². The zero-order chi connectivity index (χ0) is 15.2. The van der Waals surface area contributed by atoms with Crippen molar-refractivity contribution >= 4 is 23.2 Å². The van der Waals surface area contributed by atoms with E-state index in [4.69, 9.17) is 26.5 Å². The molecule has 0 fully saturated rings. The number of hydrogen-bond donors (Lipinski definition) is 2. The Morgan fingerprint density at radius 3 is 2.48 bits per heavy atom. The molecule has 2 N–H and O–H groups in total. The van der Waals surface area contributed by atoms with Crippen molar-refractivity contribution in [1.82, 2.24) is 0 Å². The summed E-state index contributed by atoms with van der Waals surface area (Å²) in [5.41, 5.74) is 2.67. The van der Waals surface area contributed by atoms with Gasteiger partial charge in [-0.15, -0.1) is 0 Å². The van der Waals surface area contributed by atoms with Gasteiger partial charge in [-0.1, -0.05) is 11.6 Å². The molecule has 0 bridgehead atoms. The first-order valence-corrected chi connectivity index (χ1v) is 6.81. The van der Waals surface area contributed by atoms with Gasteiger partial charge in [0.15, 0.2) is 0 Å². The van der Waals surface area contributed by atoms with Gasteiger partial charge in [-0.05, 0) is 42.5 Å². The van der Waals surface area contributed by atoms with E-state index in [1.54, 1.807) is 13.2 Å². The fourth-order valence-electron chi connectivity index (χ4n) is 1.94. The van der Waals surface area contributed by atoms with E-state index in [0.29, 0.717) is 11.6 Å². The zero-order valence-electron chi connectivity index (χ0n) is 11.9. The Morgan fingerprint density at radius 2 is 1.86 bits per heavy atom. The van der Waals surface area contributed by atoms with Gasteiger partial charge in [0.05, 0.1) is 14.2 Å². The average molecular weight is 305 g/mol. The van der Waals surface area contributed by atoms with Crippen LogP contribution in [0.25, 0.3) is 0 Å². The third kappa shape index (κ3) is 3.89. The molecule has 0 aliphatic carbocycles. The Morgan fingerprint density at radius 1 is 1.14 bits per heavy atom. The molecule has 2 aromatic carbocycles. The van der Waals surface area contributed by atoms with Crippen molar-refractivity contribution in [2.24, 2.45) is 0 Å². The number of hydrogen-bond acceptors (Lipinski definition) is 4. The highest BCUT2D eigenvalue weighted by Gasteiger charge is 2.05. The third-order valence-electron chi connectivity index (χ3n) is 3.08. The summed E-state index contributed by atoms with van der Waals surface area (Å²) < 4.78 is 10.2. The number of nitrogens with one attached hydrogen (secondary N) is 2. The largest absolute Gasteiger partial charge is 0.496 e. The molecular formula is C16H17ClN2O2. The minimum atomic E-state index is 0.151. The highest BCUT2D eigenvalue weighted by Crippen LogP contribution is 2.23. The molecule has 0 spiro atoms. The van der Waals surface area contributed by atoms with Crippen molar-refractivity contribution in [3.05, 3.63) is 58.6 Å². The Labute approximate surface area is 129 Å². The van der Waals surface area contributed by atoms with Crippen LogP contribution in [0.1, 0.15) is 11.1 Å². The van der Waals surface area contributed by atoms with Crippen LogP contribution in [0.4, 0.5) is 5.69 Å². The smallest absolute Gasteiger partial charge is 0.212 e. The molecule has 0 radical (unpaired) electrons. The van der Waals surface area contributed by atoms with Gasteiger partial charge in [-0.25, -0.2) is 0 Å². The lowest BCUT2D eigenvalue weighted by Crippen LogP contribution is -2.03. The molecule has 2 aromatic rings. The minimum absolute atomic E-state index is 0.151. The highest BCUT2D eigenvalue weighted by molar-refractivity contribution is 6.30. The SMILES string of the molecule is COC(=N)c1ccc(NCc2cc(Cl)ccc2OC)cc1.